The third kappa shape index (κ3) is 4.43. The van der Waals surface area contributed by atoms with Crippen LogP contribution in [-0.4, -0.2) is 53.8 Å². The van der Waals surface area contributed by atoms with E-state index in [9.17, 15) is 4.79 Å². The number of likely N-dealkylation sites (tertiary alicyclic amines) is 1. The summed E-state index contributed by atoms with van der Waals surface area (Å²) in [5.41, 5.74) is 0.948. The number of benzene rings is 1. The Bertz CT molecular complexity index is 681. The van der Waals surface area contributed by atoms with Crippen LogP contribution in [0.1, 0.15) is 31.7 Å². The van der Waals surface area contributed by atoms with E-state index in [1.807, 2.05) is 30.3 Å². The van der Waals surface area contributed by atoms with Gasteiger partial charge in [0.25, 0.3) is 0 Å². The van der Waals surface area contributed by atoms with Crippen molar-refractivity contribution in [1.82, 2.24) is 20.4 Å². The standard InChI is InChI=1S/C18H24N4O3/c1-13(18-20-17(21-25-18)14-6-4-3-5-7-14)22-10-8-15(9-11-22)19-16(23)12-24-2/h3-7,13,15H,8-12H2,1-2H3,(H,19,23)/t13-/m0/s1. The maximum absolute atomic E-state index is 11.6. The first kappa shape index (κ1) is 17.6. The molecule has 7 heteroatoms. The van der Waals surface area contributed by atoms with Gasteiger partial charge in [-0.05, 0) is 19.8 Å². The van der Waals surface area contributed by atoms with Crippen molar-refractivity contribution in [2.24, 2.45) is 0 Å². The summed E-state index contributed by atoms with van der Waals surface area (Å²) in [6.45, 7) is 3.94. The van der Waals surface area contributed by atoms with Crippen LogP contribution in [0.2, 0.25) is 0 Å². The summed E-state index contributed by atoms with van der Waals surface area (Å²) in [6, 6.07) is 10.1. The number of hydrogen-bond acceptors (Lipinski definition) is 6. The highest BCUT2D eigenvalue weighted by Crippen LogP contribution is 2.25. The molecule has 0 radical (unpaired) electrons. The van der Waals surface area contributed by atoms with Crippen LogP contribution < -0.4 is 5.32 Å². The maximum atomic E-state index is 11.6. The minimum Gasteiger partial charge on any atom is -0.375 e. The van der Waals surface area contributed by atoms with E-state index in [0.29, 0.717) is 11.7 Å². The van der Waals surface area contributed by atoms with Gasteiger partial charge >= 0.3 is 0 Å². The van der Waals surface area contributed by atoms with E-state index < -0.39 is 0 Å². The molecule has 1 fully saturated rings. The maximum Gasteiger partial charge on any atom is 0.246 e. The van der Waals surface area contributed by atoms with Crippen molar-refractivity contribution in [3.63, 3.8) is 0 Å². The Balaban J connectivity index is 1.55. The van der Waals surface area contributed by atoms with Crippen LogP contribution in [-0.2, 0) is 9.53 Å². The molecule has 0 spiro atoms. The van der Waals surface area contributed by atoms with E-state index in [-0.39, 0.29) is 24.6 Å². The molecule has 0 aliphatic carbocycles. The number of carbonyl (C=O) groups is 1. The van der Waals surface area contributed by atoms with Crippen LogP contribution in [0.25, 0.3) is 11.4 Å². The number of nitrogens with one attached hydrogen (secondary N) is 1. The molecule has 1 N–H and O–H groups in total. The van der Waals surface area contributed by atoms with Gasteiger partial charge in [0, 0.05) is 31.8 Å². The fraction of sp³-hybridized carbons (Fsp3) is 0.500. The summed E-state index contributed by atoms with van der Waals surface area (Å²) >= 11 is 0. The first-order chi connectivity index (χ1) is 12.2. The minimum absolute atomic E-state index is 0.0561. The van der Waals surface area contributed by atoms with Crippen molar-refractivity contribution in [2.75, 3.05) is 26.8 Å². The average molecular weight is 344 g/mol. The van der Waals surface area contributed by atoms with E-state index in [1.165, 1.54) is 7.11 Å². The van der Waals surface area contributed by atoms with E-state index >= 15 is 0 Å². The highest BCUT2D eigenvalue weighted by Gasteiger charge is 2.27. The van der Waals surface area contributed by atoms with Gasteiger partial charge in [-0.3, -0.25) is 9.69 Å². The second-order valence-electron chi connectivity index (χ2n) is 6.31. The fourth-order valence-corrected chi connectivity index (χ4v) is 3.10. The third-order valence-electron chi connectivity index (χ3n) is 4.55. The second-order valence-corrected chi connectivity index (χ2v) is 6.31. The lowest BCUT2D eigenvalue weighted by atomic mass is 10.0. The Hall–Kier alpha value is -2.25. The second kappa shape index (κ2) is 8.22. The first-order valence-electron chi connectivity index (χ1n) is 8.58. The Morgan fingerprint density at radius 3 is 2.76 bits per heavy atom. The van der Waals surface area contributed by atoms with Gasteiger partial charge in [0.2, 0.25) is 17.6 Å². The Morgan fingerprint density at radius 1 is 1.36 bits per heavy atom. The lowest BCUT2D eigenvalue weighted by Gasteiger charge is -2.34. The highest BCUT2D eigenvalue weighted by atomic mass is 16.5. The molecular weight excluding hydrogens is 320 g/mol. The number of ether oxygens (including phenoxy) is 1. The Kier molecular flexibility index (Phi) is 5.78. The smallest absolute Gasteiger partial charge is 0.246 e. The van der Waals surface area contributed by atoms with Gasteiger partial charge in [0.15, 0.2) is 0 Å². The predicted molar refractivity (Wildman–Crippen MR) is 92.8 cm³/mol. The lowest BCUT2D eigenvalue weighted by Crippen LogP contribution is -2.46. The van der Waals surface area contributed by atoms with Crippen molar-refractivity contribution in [1.29, 1.82) is 0 Å². The van der Waals surface area contributed by atoms with Crippen molar-refractivity contribution in [3.8, 4) is 11.4 Å². The van der Waals surface area contributed by atoms with Crippen LogP contribution in [0.3, 0.4) is 0 Å². The van der Waals surface area contributed by atoms with Gasteiger partial charge in [0.05, 0.1) is 6.04 Å². The van der Waals surface area contributed by atoms with Gasteiger partial charge in [-0.1, -0.05) is 35.5 Å². The zero-order valence-corrected chi connectivity index (χ0v) is 14.6. The molecule has 1 aliphatic rings. The third-order valence-corrected chi connectivity index (χ3v) is 4.55. The lowest BCUT2D eigenvalue weighted by molar-refractivity contribution is -0.125. The Labute approximate surface area is 147 Å². The number of carbonyl (C=O) groups excluding carboxylic acids is 1. The quantitative estimate of drug-likeness (QED) is 0.863. The number of aromatic nitrogens is 2. The van der Waals surface area contributed by atoms with Gasteiger partial charge in [-0.15, -0.1) is 0 Å². The first-order valence-corrected chi connectivity index (χ1v) is 8.58. The summed E-state index contributed by atoms with van der Waals surface area (Å²) in [6.07, 6.45) is 1.80. The molecule has 134 valence electrons. The molecule has 1 atom stereocenters. The van der Waals surface area contributed by atoms with Crippen molar-refractivity contribution in [2.45, 2.75) is 31.8 Å². The number of rotatable bonds is 6. The van der Waals surface area contributed by atoms with Crippen molar-refractivity contribution >= 4 is 5.91 Å². The van der Waals surface area contributed by atoms with Gasteiger partial charge in [-0.25, -0.2) is 0 Å². The zero-order chi connectivity index (χ0) is 17.6. The molecule has 1 aliphatic heterocycles. The van der Waals surface area contributed by atoms with Crippen molar-refractivity contribution in [3.05, 3.63) is 36.2 Å². The molecule has 1 aromatic heterocycles. The normalized spacial score (nSPS) is 17.4. The van der Waals surface area contributed by atoms with Crippen LogP contribution in [0, 0.1) is 0 Å². The molecule has 0 saturated carbocycles. The molecule has 7 nitrogen and oxygen atoms in total. The van der Waals surface area contributed by atoms with Crippen LogP contribution in [0.5, 0.6) is 0 Å². The number of methoxy groups -OCH3 is 1. The van der Waals surface area contributed by atoms with E-state index in [0.717, 1.165) is 31.5 Å². The molecule has 25 heavy (non-hydrogen) atoms. The van der Waals surface area contributed by atoms with Crippen LogP contribution in [0.15, 0.2) is 34.9 Å². The summed E-state index contributed by atoms with van der Waals surface area (Å²) in [5, 5.41) is 7.10. The largest absolute Gasteiger partial charge is 0.375 e. The van der Waals surface area contributed by atoms with E-state index in [1.54, 1.807) is 0 Å². The molecular formula is C18H24N4O3. The average Bonchev–Trinajstić information content (AvgIpc) is 3.13. The van der Waals surface area contributed by atoms with Crippen LogP contribution >= 0.6 is 0 Å². The number of nitrogens with zero attached hydrogens (tertiary/aromatic N) is 3. The summed E-state index contributed by atoms with van der Waals surface area (Å²) in [4.78, 5) is 18.5. The van der Waals surface area contributed by atoms with Crippen LogP contribution in [0.4, 0.5) is 0 Å². The number of piperidine rings is 1. The summed E-state index contributed by atoms with van der Waals surface area (Å²) in [5.74, 6) is 1.18. The molecule has 3 rings (SSSR count). The van der Waals surface area contributed by atoms with Crippen molar-refractivity contribution < 1.29 is 14.1 Å². The molecule has 0 unspecified atom stereocenters. The SMILES string of the molecule is COCC(=O)NC1CCN([C@@H](C)c2nc(-c3ccccc3)no2)CC1. The molecule has 1 aromatic carbocycles. The minimum atomic E-state index is -0.0570. The summed E-state index contributed by atoms with van der Waals surface area (Å²) in [7, 11) is 1.53. The summed E-state index contributed by atoms with van der Waals surface area (Å²) < 4.78 is 10.3. The van der Waals surface area contributed by atoms with Gasteiger partial charge in [-0.2, -0.15) is 4.98 Å². The van der Waals surface area contributed by atoms with E-state index in [2.05, 4.69) is 27.3 Å². The zero-order valence-electron chi connectivity index (χ0n) is 14.6. The van der Waals surface area contributed by atoms with E-state index in [4.69, 9.17) is 9.26 Å². The number of amides is 1. The molecule has 0 bridgehead atoms. The molecule has 1 saturated heterocycles. The fourth-order valence-electron chi connectivity index (χ4n) is 3.10. The van der Waals surface area contributed by atoms with Gasteiger partial charge < -0.3 is 14.6 Å². The Morgan fingerprint density at radius 2 is 2.08 bits per heavy atom. The van der Waals surface area contributed by atoms with Gasteiger partial charge in [0.1, 0.15) is 6.61 Å². The molecule has 2 heterocycles. The predicted octanol–water partition coefficient (Wildman–Crippen LogP) is 2.02. The monoisotopic (exact) mass is 344 g/mol. The molecule has 1 amide bonds. The number of hydrogen-bond donors (Lipinski definition) is 1. The highest BCUT2D eigenvalue weighted by molar-refractivity contribution is 5.77. The topological polar surface area (TPSA) is 80.5 Å². The molecule has 2 aromatic rings.